The van der Waals surface area contributed by atoms with E-state index in [2.05, 4.69) is 4.90 Å². The fraction of sp³-hybridized carbons (Fsp3) is 0.467. The van der Waals surface area contributed by atoms with Crippen molar-refractivity contribution in [2.45, 2.75) is 31.8 Å². The smallest absolute Gasteiger partial charge is 0.257 e. The van der Waals surface area contributed by atoms with Crippen molar-refractivity contribution in [3.63, 3.8) is 0 Å². The average molecular weight is 273 g/mol. The molecule has 1 atom stereocenters. The van der Waals surface area contributed by atoms with E-state index in [-0.39, 0.29) is 12.1 Å². The third kappa shape index (κ3) is 1.94. The van der Waals surface area contributed by atoms with E-state index in [0.717, 1.165) is 37.9 Å². The molecule has 1 aromatic carbocycles. The molecule has 2 N–H and O–H groups in total. The Morgan fingerprint density at radius 1 is 1.30 bits per heavy atom. The van der Waals surface area contributed by atoms with Crippen LogP contribution in [0.2, 0.25) is 0 Å². The number of anilines is 1. The number of amides is 2. The molecule has 106 valence electrons. The predicted molar refractivity (Wildman–Crippen MR) is 76.7 cm³/mol. The normalized spacial score (nSPS) is 22.1. The highest BCUT2D eigenvalue weighted by molar-refractivity contribution is 6.04. The lowest BCUT2D eigenvalue weighted by atomic mass is 10.0. The average Bonchev–Trinajstić information content (AvgIpc) is 2.70. The lowest BCUT2D eigenvalue weighted by molar-refractivity contribution is 0.0661. The summed E-state index contributed by atoms with van der Waals surface area (Å²) >= 11 is 0. The highest BCUT2D eigenvalue weighted by atomic mass is 16.2. The SMILES string of the molecule is CN1c2cc(C(N)=O)ccc2C(=O)N2CCCCCC21. The molecule has 1 unspecified atom stereocenters. The van der Waals surface area contributed by atoms with Crippen LogP contribution in [-0.2, 0) is 0 Å². The molecule has 0 radical (unpaired) electrons. The van der Waals surface area contributed by atoms with Gasteiger partial charge >= 0.3 is 0 Å². The zero-order chi connectivity index (χ0) is 14.3. The first-order chi connectivity index (χ1) is 9.59. The lowest BCUT2D eigenvalue weighted by Gasteiger charge is -2.43. The van der Waals surface area contributed by atoms with Crippen LogP contribution in [0.3, 0.4) is 0 Å². The number of carbonyl (C=O) groups excluding carboxylic acids is 2. The minimum Gasteiger partial charge on any atom is -0.366 e. The molecule has 2 amide bonds. The first kappa shape index (κ1) is 13.0. The summed E-state index contributed by atoms with van der Waals surface area (Å²) in [5.74, 6) is -0.391. The number of hydrogen-bond acceptors (Lipinski definition) is 3. The molecule has 20 heavy (non-hydrogen) atoms. The lowest BCUT2D eigenvalue weighted by Crippen LogP contribution is -2.53. The number of nitrogens with two attached hydrogens (primary N) is 1. The van der Waals surface area contributed by atoms with E-state index >= 15 is 0 Å². The van der Waals surface area contributed by atoms with E-state index in [9.17, 15) is 9.59 Å². The van der Waals surface area contributed by atoms with Crippen molar-refractivity contribution < 1.29 is 9.59 Å². The van der Waals surface area contributed by atoms with Gasteiger partial charge in [0.1, 0.15) is 6.17 Å². The van der Waals surface area contributed by atoms with E-state index in [1.807, 2.05) is 11.9 Å². The van der Waals surface area contributed by atoms with Gasteiger partial charge in [-0.05, 0) is 37.5 Å². The molecule has 2 aliphatic heterocycles. The van der Waals surface area contributed by atoms with Crippen molar-refractivity contribution in [3.8, 4) is 0 Å². The quantitative estimate of drug-likeness (QED) is 0.844. The summed E-state index contributed by atoms with van der Waals surface area (Å²) in [6.45, 7) is 0.810. The molecule has 0 saturated carbocycles. The van der Waals surface area contributed by atoms with E-state index in [0.29, 0.717) is 11.1 Å². The van der Waals surface area contributed by atoms with Gasteiger partial charge in [-0.3, -0.25) is 9.59 Å². The number of benzene rings is 1. The third-order valence-corrected chi connectivity index (χ3v) is 4.32. The number of fused-ring (bicyclic) bond motifs is 2. The molecule has 0 aromatic heterocycles. The maximum Gasteiger partial charge on any atom is 0.257 e. The summed E-state index contributed by atoms with van der Waals surface area (Å²) < 4.78 is 0. The molecule has 3 rings (SSSR count). The predicted octanol–water partition coefficient (Wildman–Crippen LogP) is 1.58. The molecule has 1 aromatic rings. The van der Waals surface area contributed by atoms with Crippen molar-refractivity contribution >= 4 is 17.5 Å². The molecule has 2 heterocycles. The zero-order valence-corrected chi connectivity index (χ0v) is 11.6. The Bertz CT molecular complexity index is 570. The minimum atomic E-state index is -0.461. The number of carbonyl (C=O) groups is 2. The van der Waals surface area contributed by atoms with E-state index in [1.54, 1.807) is 18.2 Å². The van der Waals surface area contributed by atoms with Crippen LogP contribution in [0.5, 0.6) is 0 Å². The number of rotatable bonds is 1. The Kier molecular flexibility index (Phi) is 3.12. The van der Waals surface area contributed by atoms with Crippen molar-refractivity contribution in [3.05, 3.63) is 29.3 Å². The third-order valence-electron chi connectivity index (χ3n) is 4.32. The summed E-state index contributed by atoms with van der Waals surface area (Å²) in [5.41, 5.74) is 7.26. The van der Waals surface area contributed by atoms with Crippen molar-refractivity contribution in [1.29, 1.82) is 0 Å². The zero-order valence-electron chi connectivity index (χ0n) is 11.6. The van der Waals surface area contributed by atoms with Crippen LogP contribution < -0.4 is 10.6 Å². The van der Waals surface area contributed by atoms with Gasteiger partial charge in [0.2, 0.25) is 5.91 Å². The van der Waals surface area contributed by atoms with Gasteiger partial charge in [0.05, 0.1) is 11.3 Å². The molecular weight excluding hydrogens is 254 g/mol. The molecule has 0 bridgehead atoms. The Morgan fingerprint density at radius 2 is 2.10 bits per heavy atom. The number of nitrogens with zero attached hydrogens (tertiary/aromatic N) is 2. The van der Waals surface area contributed by atoms with Gasteiger partial charge in [0, 0.05) is 19.2 Å². The Balaban J connectivity index is 2.07. The van der Waals surface area contributed by atoms with Crippen molar-refractivity contribution in [2.24, 2.45) is 5.73 Å². The molecule has 0 spiro atoms. The van der Waals surface area contributed by atoms with Crippen LogP contribution in [-0.4, -0.2) is 36.5 Å². The van der Waals surface area contributed by atoms with E-state index < -0.39 is 5.91 Å². The summed E-state index contributed by atoms with van der Waals surface area (Å²) in [7, 11) is 1.99. The second-order valence-corrected chi connectivity index (χ2v) is 5.54. The highest BCUT2D eigenvalue weighted by Gasteiger charge is 2.36. The monoisotopic (exact) mass is 273 g/mol. The Labute approximate surface area is 118 Å². The van der Waals surface area contributed by atoms with Gasteiger partial charge in [-0.2, -0.15) is 0 Å². The van der Waals surface area contributed by atoms with Gasteiger partial charge in [-0.25, -0.2) is 0 Å². The fourth-order valence-electron chi connectivity index (χ4n) is 3.20. The van der Waals surface area contributed by atoms with Crippen molar-refractivity contribution in [2.75, 3.05) is 18.5 Å². The second-order valence-electron chi connectivity index (χ2n) is 5.54. The van der Waals surface area contributed by atoms with E-state index in [1.165, 1.54) is 0 Å². The van der Waals surface area contributed by atoms with Gasteiger partial charge in [-0.1, -0.05) is 6.42 Å². The van der Waals surface area contributed by atoms with Gasteiger partial charge in [-0.15, -0.1) is 0 Å². The second kappa shape index (κ2) is 4.81. The first-order valence-corrected chi connectivity index (χ1v) is 7.07. The van der Waals surface area contributed by atoms with Crippen LogP contribution in [0.15, 0.2) is 18.2 Å². The molecule has 5 nitrogen and oxygen atoms in total. The van der Waals surface area contributed by atoms with Crippen LogP contribution in [0.1, 0.15) is 46.4 Å². The van der Waals surface area contributed by atoms with Crippen molar-refractivity contribution in [1.82, 2.24) is 4.90 Å². The molecule has 1 fully saturated rings. The topological polar surface area (TPSA) is 66.6 Å². The highest BCUT2D eigenvalue weighted by Crippen LogP contribution is 2.34. The molecule has 5 heteroatoms. The van der Waals surface area contributed by atoms with E-state index in [4.69, 9.17) is 5.73 Å². The first-order valence-electron chi connectivity index (χ1n) is 7.07. The molecular formula is C15H19N3O2. The maximum atomic E-state index is 12.6. The summed E-state index contributed by atoms with van der Waals surface area (Å²) in [6.07, 6.45) is 4.43. The summed E-state index contributed by atoms with van der Waals surface area (Å²) in [5, 5.41) is 0. The van der Waals surface area contributed by atoms with Crippen LogP contribution >= 0.6 is 0 Å². The fourth-order valence-corrected chi connectivity index (χ4v) is 3.20. The van der Waals surface area contributed by atoms with Crippen LogP contribution in [0, 0.1) is 0 Å². The molecule has 1 saturated heterocycles. The number of primary amides is 1. The van der Waals surface area contributed by atoms with Gasteiger partial charge < -0.3 is 15.5 Å². The Morgan fingerprint density at radius 3 is 2.85 bits per heavy atom. The van der Waals surface area contributed by atoms with Crippen LogP contribution in [0.4, 0.5) is 5.69 Å². The molecule has 0 aliphatic carbocycles. The largest absolute Gasteiger partial charge is 0.366 e. The van der Waals surface area contributed by atoms with Gasteiger partial charge in [0.25, 0.3) is 5.91 Å². The minimum absolute atomic E-state index is 0.0704. The number of hydrogen-bond donors (Lipinski definition) is 1. The standard InChI is InChI=1S/C15H19N3O2/c1-17-12-9-10(14(16)19)6-7-11(12)15(20)18-8-4-2-3-5-13(17)18/h6-7,9,13H,2-5,8H2,1H3,(H2,16,19). The maximum absolute atomic E-state index is 12.6. The Hall–Kier alpha value is -2.04. The van der Waals surface area contributed by atoms with Crippen LogP contribution in [0.25, 0.3) is 0 Å². The summed E-state index contributed by atoms with van der Waals surface area (Å²) in [4.78, 5) is 28.0. The van der Waals surface area contributed by atoms with Gasteiger partial charge in [0.15, 0.2) is 0 Å². The molecule has 2 aliphatic rings. The summed E-state index contributed by atoms with van der Waals surface area (Å²) in [6, 6.07) is 5.08.